The van der Waals surface area contributed by atoms with Crippen molar-refractivity contribution >= 4 is 45.8 Å². The minimum Gasteiger partial charge on any atom is -0.755 e. The average molecular weight is 315 g/mol. The van der Waals surface area contributed by atoms with Gasteiger partial charge >= 0.3 is 0 Å². The fraction of sp³-hybridized carbons (Fsp3) is 0.0769. The lowest BCUT2D eigenvalue weighted by atomic mass is 10.2. The third-order valence-corrected chi connectivity index (χ3v) is 4.13. The predicted octanol–water partition coefficient (Wildman–Crippen LogP) is 4.23. The van der Waals surface area contributed by atoms with Gasteiger partial charge in [0.2, 0.25) is 0 Å². The fourth-order valence-electron chi connectivity index (χ4n) is 1.73. The van der Waals surface area contributed by atoms with Crippen molar-refractivity contribution in [3.63, 3.8) is 0 Å². The maximum absolute atomic E-state index is 11.5. The molecule has 0 N–H and O–H groups in total. The Balaban J connectivity index is 2.62. The third kappa shape index (κ3) is 2.92. The first kappa shape index (κ1) is 14.3. The van der Waals surface area contributed by atoms with Gasteiger partial charge in [-0.1, -0.05) is 47.5 Å². The number of para-hydroxylation sites is 1. The number of hydrogen-bond acceptors (Lipinski definition) is 2. The van der Waals surface area contributed by atoms with Crippen LogP contribution in [0, 0.1) is 6.92 Å². The zero-order valence-corrected chi connectivity index (χ0v) is 12.3. The van der Waals surface area contributed by atoms with Gasteiger partial charge in [0.15, 0.2) is 0 Å². The monoisotopic (exact) mass is 314 g/mol. The summed E-state index contributed by atoms with van der Waals surface area (Å²) in [5.41, 5.74) is 1.69. The van der Waals surface area contributed by atoms with E-state index < -0.39 is 11.3 Å². The Morgan fingerprint density at radius 1 is 1.05 bits per heavy atom. The molecule has 0 aliphatic carbocycles. The van der Waals surface area contributed by atoms with Crippen LogP contribution in [0.15, 0.2) is 42.5 Å². The largest absolute Gasteiger partial charge is 0.755 e. The van der Waals surface area contributed by atoms with E-state index >= 15 is 0 Å². The molecular weight excluding hydrogens is 305 g/mol. The van der Waals surface area contributed by atoms with Crippen molar-refractivity contribution in [3.8, 4) is 0 Å². The number of rotatable bonds is 3. The summed E-state index contributed by atoms with van der Waals surface area (Å²) >= 11 is 9.52. The van der Waals surface area contributed by atoms with E-state index in [1.54, 1.807) is 30.3 Å². The van der Waals surface area contributed by atoms with Crippen LogP contribution >= 0.6 is 23.2 Å². The molecule has 100 valence electrons. The Kier molecular flexibility index (Phi) is 4.47. The molecule has 0 bridgehead atoms. The van der Waals surface area contributed by atoms with Crippen LogP contribution < -0.4 is 4.31 Å². The Bertz CT molecular complexity index is 634. The number of halogens is 2. The summed E-state index contributed by atoms with van der Waals surface area (Å²) < 4.78 is 24.2. The number of benzene rings is 2. The van der Waals surface area contributed by atoms with Crippen LogP contribution in [0.1, 0.15) is 5.56 Å². The van der Waals surface area contributed by atoms with E-state index in [1.807, 2.05) is 19.1 Å². The standard InChI is InChI=1S/C13H11Cl2NO2S/c1-9-5-2-3-7-11(9)16(19(17)18)12-8-4-6-10(14)13(12)15/h2-8H,1H3,(H,17,18)/p-1. The Hall–Kier alpha value is -1.07. The highest BCUT2D eigenvalue weighted by molar-refractivity contribution is 7.81. The first-order chi connectivity index (χ1) is 9.02. The van der Waals surface area contributed by atoms with Crippen molar-refractivity contribution in [1.29, 1.82) is 0 Å². The zero-order chi connectivity index (χ0) is 14.0. The van der Waals surface area contributed by atoms with Gasteiger partial charge in [-0.25, -0.2) is 0 Å². The van der Waals surface area contributed by atoms with Crippen LogP contribution in [0.3, 0.4) is 0 Å². The second-order valence-electron chi connectivity index (χ2n) is 3.87. The van der Waals surface area contributed by atoms with E-state index in [2.05, 4.69) is 0 Å². The van der Waals surface area contributed by atoms with Gasteiger partial charge in [-0.3, -0.25) is 8.51 Å². The van der Waals surface area contributed by atoms with Crippen LogP contribution in [0.4, 0.5) is 11.4 Å². The van der Waals surface area contributed by atoms with Crippen LogP contribution in [-0.4, -0.2) is 8.76 Å². The Morgan fingerprint density at radius 3 is 2.32 bits per heavy atom. The minimum absolute atomic E-state index is 0.205. The first-order valence-corrected chi connectivity index (χ1v) is 7.20. The fourth-order valence-corrected chi connectivity index (χ4v) is 2.84. The number of hydrogen-bond donors (Lipinski definition) is 0. The molecule has 0 aliphatic rings. The molecule has 2 rings (SSSR count). The van der Waals surface area contributed by atoms with Crippen LogP contribution in [0.2, 0.25) is 10.0 Å². The second kappa shape index (κ2) is 5.92. The maximum atomic E-state index is 11.5. The molecule has 0 amide bonds. The normalized spacial score (nSPS) is 12.2. The summed E-state index contributed by atoms with van der Waals surface area (Å²) in [6.07, 6.45) is 0. The molecular formula is C13H10Cl2NO2S-. The molecule has 0 aromatic heterocycles. The lowest BCUT2D eigenvalue weighted by molar-refractivity contribution is 0.537. The molecule has 0 saturated carbocycles. The van der Waals surface area contributed by atoms with Crippen LogP contribution in [0.25, 0.3) is 0 Å². The molecule has 0 saturated heterocycles. The van der Waals surface area contributed by atoms with Crippen molar-refractivity contribution in [2.75, 3.05) is 4.31 Å². The van der Waals surface area contributed by atoms with Crippen molar-refractivity contribution < 1.29 is 8.76 Å². The predicted molar refractivity (Wildman–Crippen MR) is 78.7 cm³/mol. The Labute approximate surface area is 124 Å². The van der Waals surface area contributed by atoms with Gasteiger partial charge < -0.3 is 4.55 Å². The van der Waals surface area contributed by atoms with Crippen molar-refractivity contribution in [1.82, 2.24) is 0 Å². The van der Waals surface area contributed by atoms with Crippen molar-refractivity contribution in [2.45, 2.75) is 6.92 Å². The molecule has 0 spiro atoms. The lowest BCUT2D eigenvalue weighted by Gasteiger charge is -2.28. The van der Waals surface area contributed by atoms with Crippen LogP contribution in [-0.2, 0) is 11.3 Å². The second-order valence-corrected chi connectivity index (χ2v) is 5.46. The van der Waals surface area contributed by atoms with E-state index in [9.17, 15) is 8.76 Å². The minimum atomic E-state index is -2.49. The molecule has 0 fully saturated rings. The van der Waals surface area contributed by atoms with Gasteiger partial charge in [-0.15, -0.1) is 0 Å². The van der Waals surface area contributed by atoms with Gasteiger partial charge in [0, 0.05) is 0 Å². The maximum Gasteiger partial charge on any atom is 0.0838 e. The first-order valence-electron chi connectivity index (χ1n) is 5.41. The molecule has 19 heavy (non-hydrogen) atoms. The van der Waals surface area contributed by atoms with E-state index in [0.717, 1.165) is 9.87 Å². The SMILES string of the molecule is Cc1ccccc1N(c1cccc(Cl)c1Cl)S(=O)[O-]. The van der Waals surface area contributed by atoms with E-state index in [0.29, 0.717) is 16.4 Å². The summed E-state index contributed by atoms with van der Waals surface area (Å²) in [4.78, 5) is 0. The topological polar surface area (TPSA) is 43.4 Å². The van der Waals surface area contributed by atoms with Crippen molar-refractivity contribution in [3.05, 3.63) is 58.1 Å². The highest BCUT2D eigenvalue weighted by Crippen LogP contribution is 2.38. The highest BCUT2D eigenvalue weighted by Gasteiger charge is 2.16. The van der Waals surface area contributed by atoms with Crippen LogP contribution in [0.5, 0.6) is 0 Å². The molecule has 2 aromatic carbocycles. The summed E-state index contributed by atoms with van der Waals surface area (Å²) in [5, 5.41) is 0.514. The smallest absolute Gasteiger partial charge is 0.0838 e. The molecule has 2 aromatic rings. The average Bonchev–Trinajstić information content (AvgIpc) is 2.37. The van der Waals surface area contributed by atoms with Gasteiger partial charge in [-0.2, -0.15) is 0 Å². The quantitative estimate of drug-likeness (QED) is 0.795. The number of aryl methyl sites for hydroxylation is 1. The molecule has 1 atom stereocenters. The number of nitrogens with zero attached hydrogens (tertiary/aromatic N) is 1. The van der Waals surface area contributed by atoms with E-state index in [1.165, 1.54) is 0 Å². The molecule has 1 unspecified atom stereocenters. The molecule has 0 radical (unpaired) electrons. The molecule has 6 heteroatoms. The summed E-state index contributed by atoms with van der Waals surface area (Å²) in [6.45, 7) is 1.83. The Morgan fingerprint density at radius 2 is 1.68 bits per heavy atom. The number of anilines is 2. The van der Waals surface area contributed by atoms with E-state index in [-0.39, 0.29) is 5.02 Å². The van der Waals surface area contributed by atoms with E-state index in [4.69, 9.17) is 23.2 Å². The molecule has 0 heterocycles. The van der Waals surface area contributed by atoms with Gasteiger partial charge in [-0.05, 0) is 30.7 Å². The molecule has 3 nitrogen and oxygen atoms in total. The highest BCUT2D eigenvalue weighted by atomic mass is 35.5. The van der Waals surface area contributed by atoms with Gasteiger partial charge in [0.1, 0.15) is 0 Å². The summed E-state index contributed by atoms with van der Waals surface area (Å²) in [7, 11) is 0. The third-order valence-electron chi connectivity index (χ3n) is 2.63. The van der Waals surface area contributed by atoms with Gasteiger partial charge in [0.25, 0.3) is 0 Å². The van der Waals surface area contributed by atoms with Crippen molar-refractivity contribution in [2.24, 2.45) is 0 Å². The summed E-state index contributed by atoms with van der Waals surface area (Å²) in [6, 6.07) is 12.0. The van der Waals surface area contributed by atoms with Gasteiger partial charge in [0.05, 0.1) is 32.7 Å². The summed E-state index contributed by atoms with van der Waals surface area (Å²) in [5.74, 6) is 0. The molecule has 0 aliphatic heterocycles. The zero-order valence-electron chi connectivity index (χ0n) is 9.97. The lowest BCUT2D eigenvalue weighted by Crippen LogP contribution is -2.20.